The summed E-state index contributed by atoms with van der Waals surface area (Å²) >= 11 is 10.9. The average Bonchev–Trinajstić information content (AvgIpc) is 2.42. The molecule has 0 aliphatic rings. The minimum atomic E-state index is -1.21. The van der Waals surface area contributed by atoms with Crippen molar-refractivity contribution in [2.45, 2.75) is 0 Å². The number of nitriles is 3. The first-order valence-corrected chi connectivity index (χ1v) is 5.26. The van der Waals surface area contributed by atoms with Gasteiger partial charge in [0.25, 0.3) is 0 Å². The van der Waals surface area contributed by atoms with Crippen LogP contribution in [0.15, 0.2) is 17.3 Å². The molecule has 0 atom stereocenters. The minimum Gasteiger partial charge on any atom is -0.344 e. The number of nitrogens with one attached hydrogen (secondary N) is 1. The number of hydrogen-bond donors (Lipinski definition) is 1. The summed E-state index contributed by atoms with van der Waals surface area (Å²) in [5, 5.41) is 26.8. The summed E-state index contributed by atoms with van der Waals surface area (Å²) in [5.74, 6) is -2.31. The molecule has 8 heteroatoms. The maximum atomic E-state index is 13.4. The molecule has 0 amide bonds. The predicted octanol–water partition coefficient (Wildman–Crippen LogP) is 3.51. The quantitative estimate of drug-likeness (QED) is 0.514. The van der Waals surface area contributed by atoms with E-state index in [2.05, 4.69) is 5.32 Å². The van der Waals surface area contributed by atoms with E-state index in [4.69, 9.17) is 39.0 Å². The zero-order valence-electron chi connectivity index (χ0n) is 8.93. The Kier molecular flexibility index (Phi) is 4.67. The normalized spacial score (nSPS) is 8.89. The maximum Gasteiger partial charge on any atom is 0.165 e. The predicted molar refractivity (Wildman–Crippen MR) is 63.9 cm³/mol. The molecular weight excluding hydrogens is 297 g/mol. The Balaban J connectivity index is 3.38. The van der Waals surface area contributed by atoms with Gasteiger partial charge in [0.15, 0.2) is 11.4 Å². The topological polar surface area (TPSA) is 83.4 Å². The summed E-state index contributed by atoms with van der Waals surface area (Å²) in [7, 11) is 0. The lowest BCUT2D eigenvalue weighted by Crippen LogP contribution is -2.03. The van der Waals surface area contributed by atoms with Crippen LogP contribution >= 0.6 is 23.2 Å². The Morgan fingerprint density at radius 1 is 1.05 bits per heavy atom. The van der Waals surface area contributed by atoms with Crippen LogP contribution in [0.4, 0.5) is 14.5 Å². The fourth-order valence-corrected chi connectivity index (χ4v) is 1.48. The molecule has 0 fully saturated rings. The zero-order chi connectivity index (χ0) is 14.6. The van der Waals surface area contributed by atoms with Crippen LogP contribution in [0.5, 0.6) is 0 Å². The van der Waals surface area contributed by atoms with Gasteiger partial charge in [-0.05, 0) is 0 Å². The number of hydrogen-bond acceptors (Lipinski definition) is 4. The number of benzene rings is 1. The first kappa shape index (κ1) is 14.7. The summed E-state index contributed by atoms with van der Waals surface area (Å²) in [6, 6.07) is 5.19. The van der Waals surface area contributed by atoms with Crippen LogP contribution in [0.2, 0.25) is 10.0 Å². The number of anilines is 1. The van der Waals surface area contributed by atoms with Crippen molar-refractivity contribution in [1.82, 2.24) is 0 Å². The fourth-order valence-electron chi connectivity index (χ4n) is 1.08. The van der Waals surface area contributed by atoms with E-state index in [0.29, 0.717) is 0 Å². The molecule has 94 valence electrons. The molecule has 0 aliphatic heterocycles. The molecule has 1 rings (SSSR count). The molecular formula is C11H2Cl2F2N4. The average molecular weight is 299 g/mol. The molecule has 0 saturated carbocycles. The van der Waals surface area contributed by atoms with Crippen molar-refractivity contribution in [3.8, 4) is 18.2 Å². The first-order valence-electron chi connectivity index (χ1n) is 4.50. The van der Waals surface area contributed by atoms with Crippen LogP contribution < -0.4 is 5.32 Å². The van der Waals surface area contributed by atoms with Crippen molar-refractivity contribution in [3.63, 3.8) is 0 Å². The monoisotopic (exact) mass is 298 g/mol. The number of allylic oxidation sites excluding steroid dienone is 2. The molecule has 1 aromatic rings. The van der Waals surface area contributed by atoms with E-state index < -0.39 is 32.9 Å². The van der Waals surface area contributed by atoms with Crippen molar-refractivity contribution in [2.24, 2.45) is 0 Å². The van der Waals surface area contributed by atoms with Crippen molar-refractivity contribution in [3.05, 3.63) is 39.0 Å². The fraction of sp³-hybridized carbons (Fsp3) is 0. The van der Waals surface area contributed by atoms with Gasteiger partial charge in [-0.15, -0.1) is 0 Å². The molecule has 0 aliphatic carbocycles. The van der Waals surface area contributed by atoms with Gasteiger partial charge in [-0.25, -0.2) is 8.78 Å². The van der Waals surface area contributed by atoms with Gasteiger partial charge in [0, 0.05) is 6.07 Å². The lowest BCUT2D eigenvalue weighted by molar-refractivity contribution is 0.585. The molecule has 0 unspecified atom stereocenters. The standard InChI is InChI=1S/C11H2Cl2F2N4/c12-9-6(14)1-7(10(13)11(9)15)19-8(4-18)5(2-16)3-17/h1,19H. The molecule has 0 heterocycles. The second kappa shape index (κ2) is 6.02. The van der Waals surface area contributed by atoms with Gasteiger partial charge in [-0.3, -0.25) is 0 Å². The summed E-state index contributed by atoms with van der Waals surface area (Å²) in [6.45, 7) is 0. The molecule has 1 aromatic carbocycles. The SMILES string of the molecule is N#CC(C#N)=C(C#N)Nc1cc(F)c(Cl)c(F)c1Cl. The highest BCUT2D eigenvalue weighted by atomic mass is 35.5. The Bertz CT molecular complexity index is 677. The Labute approximate surface area is 116 Å². The smallest absolute Gasteiger partial charge is 0.165 e. The largest absolute Gasteiger partial charge is 0.344 e. The van der Waals surface area contributed by atoms with Crippen molar-refractivity contribution >= 4 is 28.9 Å². The first-order chi connectivity index (χ1) is 8.96. The van der Waals surface area contributed by atoms with Crippen LogP contribution in [0, 0.1) is 45.6 Å². The highest BCUT2D eigenvalue weighted by Gasteiger charge is 2.17. The van der Waals surface area contributed by atoms with Crippen LogP contribution in [-0.4, -0.2) is 0 Å². The lowest BCUT2D eigenvalue weighted by atomic mass is 10.2. The van der Waals surface area contributed by atoms with E-state index >= 15 is 0 Å². The summed E-state index contributed by atoms with van der Waals surface area (Å²) in [6.07, 6.45) is 0. The van der Waals surface area contributed by atoms with E-state index in [1.807, 2.05) is 0 Å². The summed E-state index contributed by atoms with van der Waals surface area (Å²) in [4.78, 5) is 0. The second-order valence-electron chi connectivity index (χ2n) is 3.06. The van der Waals surface area contributed by atoms with Crippen molar-refractivity contribution in [2.75, 3.05) is 5.32 Å². The van der Waals surface area contributed by atoms with E-state index in [1.165, 1.54) is 18.2 Å². The Morgan fingerprint density at radius 3 is 2.11 bits per heavy atom. The van der Waals surface area contributed by atoms with Gasteiger partial charge in [-0.2, -0.15) is 15.8 Å². The van der Waals surface area contributed by atoms with Gasteiger partial charge in [0.05, 0.1) is 5.69 Å². The molecule has 0 spiro atoms. The van der Waals surface area contributed by atoms with E-state index in [1.54, 1.807) is 0 Å². The number of nitrogens with zero attached hydrogens (tertiary/aromatic N) is 3. The van der Waals surface area contributed by atoms with Gasteiger partial charge >= 0.3 is 0 Å². The van der Waals surface area contributed by atoms with Crippen LogP contribution in [0.1, 0.15) is 0 Å². The number of halogens is 4. The van der Waals surface area contributed by atoms with Gasteiger partial charge in [0.2, 0.25) is 0 Å². The highest BCUT2D eigenvalue weighted by Crippen LogP contribution is 2.33. The molecule has 0 radical (unpaired) electrons. The minimum absolute atomic E-state index is 0.319. The summed E-state index contributed by atoms with van der Waals surface area (Å²) < 4.78 is 26.6. The molecule has 0 bridgehead atoms. The zero-order valence-corrected chi connectivity index (χ0v) is 10.4. The van der Waals surface area contributed by atoms with Crippen LogP contribution in [-0.2, 0) is 0 Å². The van der Waals surface area contributed by atoms with Crippen molar-refractivity contribution < 1.29 is 8.78 Å². The van der Waals surface area contributed by atoms with Gasteiger partial charge < -0.3 is 5.32 Å². The second-order valence-corrected chi connectivity index (χ2v) is 3.81. The third-order valence-electron chi connectivity index (χ3n) is 1.95. The third-order valence-corrected chi connectivity index (χ3v) is 2.66. The van der Waals surface area contributed by atoms with Gasteiger partial charge in [-0.1, -0.05) is 23.2 Å². The van der Waals surface area contributed by atoms with E-state index in [0.717, 1.165) is 6.07 Å². The van der Waals surface area contributed by atoms with Crippen LogP contribution in [0.3, 0.4) is 0 Å². The van der Waals surface area contributed by atoms with Crippen LogP contribution in [0.25, 0.3) is 0 Å². The molecule has 4 nitrogen and oxygen atoms in total. The third kappa shape index (κ3) is 2.92. The Morgan fingerprint density at radius 2 is 1.63 bits per heavy atom. The Hall–Kier alpha value is -2.33. The number of rotatable bonds is 2. The highest BCUT2D eigenvalue weighted by molar-refractivity contribution is 6.36. The van der Waals surface area contributed by atoms with Crippen molar-refractivity contribution in [1.29, 1.82) is 15.8 Å². The summed E-state index contributed by atoms with van der Waals surface area (Å²) in [5.41, 5.74) is -1.34. The molecule has 0 saturated heterocycles. The molecule has 0 aromatic heterocycles. The maximum absolute atomic E-state index is 13.4. The molecule has 19 heavy (non-hydrogen) atoms. The van der Waals surface area contributed by atoms with Gasteiger partial charge in [0.1, 0.15) is 39.8 Å². The van der Waals surface area contributed by atoms with E-state index in [-0.39, 0.29) is 5.69 Å². The van der Waals surface area contributed by atoms with E-state index in [9.17, 15) is 8.78 Å². The molecule has 1 N–H and O–H groups in total. The lowest BCUT2D eigenvalue weighted by Gasteiger charge is -2.09.